The van der Waals surface area contributed by atoms with Gasteiger partial charge in [-0.3, -0.25) is 4.79 Å². The van der Waals surface area contributed by atoms with Crippen LogP contribution in [0.2, 0.25) is 0 Å². The van der Waals surface area contributed by atoms with Crippen molar-refractivity contribution in [1.82, 2.24) is 10.2 Å². The molecule has 1 aliphatic heterocycles. The van der Waals surface area contributed by atoms with Crippen LogP contribution >= 0.6 is 0 Å². The summed E-state index contributed by atoms with van der Waals surface area (Å²) in [5.41, 5.74) is 0. The van der Waals surface area contributed by atoms with Crippen molar-refractivity contribution in [2.45, 2.75) is 38.1 Å². The maximum atomic E-state index is 11.8. The number of rotatable bonds is 2. The number of nitrogens with one attached hydrogen (secondary N) is 1. The number of likely N-dealkylation sites (N-methyl/N-ethyl adjacent to an activating group) is 1. The predicted octanol–water partition coefficient (Wildman–Crippen LogP) is 1.24. The van der Waals surface area contributed by atoms with E-state index in [1.807, 2.05) is 0 Å². The van der Waals surface area contributed by atoms with Crippen LogP contribution in [0, 0.1) is 5.92 Å². The molecule has 0 bridgehead atoms. The van der Waals surface area contributed by atoms with Gasteiger partial charge in [-0.05, 0) is 19.9 Å². The van der Waals surface area contributed by atoms with E-state index < -0.39 is 0 Å². The lowest BCUT2D eigenvalue weighted by Gasteiger charge is -2.37. The van der Waals surface area contributed by atoms with Crippen LogP contribution in [0.3, 0.4) is 0 Å². The van der Waals surface area contributed by atoms with Crippen molar-refractivity contribution in [3.63, 3.8) is 0 Å². The molecule has 1 heterocycles. The first kappa shape index (κ1) is 9.97. The highest BCUT2D eigenvalue weighted by molar-refractivity contribution is 5.79. The van der Waals surface area contributed by atoms with Gasteiger partial charge in [0.15, 0.2) is 0 Å². The van der Waals surface area contributed by atoms with E-state index in [4.69, 9.17) is 0 Å². The average molecular weight is 198 g/mol. The van der Waals surface area contributed by atoms with Crippen LogP contribution in [0.25, 0.3) is 0 Å². The normalized spacial score (nSPS) is 25.8. The Hall–Kier alpha value is -0.570. The summed E-state index contributed by atoms with van der Waals surface area (Å²) in [7, 11) is 2.09. The van der Waals surface area contributed by atoms with Crippen LogP contribution in [0.1, 0.15) is 33.5 Å². The highest BCUT2D eigenvalue weighted by Crippen LogP contribution is 2.23. The molecular weight excluding hydrogens is 176 g/mol. The second-order valence-corrected chi connectivity index (χ2v) is 4.76. The van der Waals surface area contributed by atoms with Gasteiger partial charge in [0, 0.05) is 20.4 Å². The minimum absolute atomic E-state index is 0. The van der Waals surface area contributed by atoms with E-state index in [0.717, 1.165) is 25.9 Å². The van der Waals surface area contributed by atoms with Gasteiger partial charge < -0.3 is 10.2 Å². The van der Waals surface area contributed by atoms with E-state index in [2.05, 4.69) is 17.3 Å². The third kappa shape index (κ3) is 2.27. The third-order valence-electron chi connectivity index (χ3n) is 3.39. The molecule has 1 saturated heterocycles. The fourth-order valence-electron chi connectivity index (χ4n) is 2.47. The Morgan fingerprint density at radius 3 is 2.50 bits per heavy atom. The largest absolute Gasteiger partial charge is 0.351 e. The Morgan fingerprint density at radius 1 is 1.29 bits per heavy atom. The molecule has 0 radical (unpaired) electrons. The molecule has 1 saturated carbocycles. The molecule has 0 unspecified atom stereocenters. The van der Waals surface area contributed by atoms with Crippen molar-refractivity contribution in [3.8, 4) is 0 Å². The van der Waals surface area contributed by atoms with Crippen molar-refractivity contribution in [2.24, 2.45) is 5.92 Å². The van der Waals surface area contributed by atoms with Crippen LogP contribution in [-0.2, 0) is 4.79 Å². The average Bonchev–Trinajstić information content (AvgIpc) is 2.17. The minimum Gasteiger partial charge on any atom is -0.351 e. The summed E-state index contributed by atoms with van der Waals surface area (Å²) in [4.78, 5) is 14.0. The number of hydrogen-bond donors (Lipinski definition) is 1. The highest BCUT2D eigenvalue weighted by atomic mass is 16.2. The molecule has 0 aromatic carbocycles. The molecule has 0 aromatic heterocycles. The molecule has 0 atom stereocenters. The number of hydrogen-bond acceptors (Lipinski definition) is 2. The summed E-state index contributed by atoms with van der Waals surface area (Å²) in [5.74, 6) is 0.623. The van der Waals surface area contributed by atoms with Gasteiger partial charge >= 0.3 is 0 Å². The fourth-order valence-corrected chi connectivity index (χ4v) is 2.47. The molecule has 1 N–H and O–H groups in total. The Bertz CT molecular complexity index is 211. The molecule has 82 valence electrons. The maximum absolute atomic E-state index is 11.8. The first-order chi connectivity index (χ1) is 6.75. The van der Waals surface area contributed by atoms with Crippen LogP contribution < -0.4 is 5.32 Å². The molecule has 2 rings (SSSR count). The summed E-state index contributed by atoms with van der Waals surface area (Å²) in [6.45, 7) is 2.05. The van der Waals surface area contributed by atoms with E-state index in [1.54, 1.807) is 0 Å². The second-order valence-electron chi connectivity index (χ2n) is 4.76. The summed E-state index contributed by atoms with van der Waals surface area (Å²) in [5, 5.41) is 3.14. The molecule has 2 fully saturated rings. The molecule has 0 aromatic rings. The third-order valence-corrected chi connectivity index (χ3v) is 3.39. The van der Waals surface area contributed by atoms with Crippen molar-refractivity contribution in [2.75, 3.05) is 20.1 Å². The molecule has 3 heteroatoms. The van der Waals surface area contributed by atoms with Crippen molar-refractivity contribution in [1.29, 1.82) is 0 Å². The Labute approximate surface area is 87.3 Å². The lowest BCUT2D eigenvalue weighted by molar-refractivity contribution is -0.127. The van der Waals surface area contributed by atoms with Gasteiger partial charge in [-0.1, -0.05) is 19.3 Å². The van der Waals surface area contributed by atoms with Gasteiger partial charge in [-0.25, -0.2) is 0 Å². The van der Waals surface area contributed by atoms with Crippen LogP contribution in [0.4, 0.5) is 0 Å². The number of amides is 1. The first-order valence-corrected chi connectivity index (χ1v) is 5.74. The van der Waals surface area contributed by atoms with Gasteiger partial charge in [0.1, 0.15) is 0 Å². The molecule has 1 aliphatic carbocycles. The molecule has 3 nitrogen and oxygen atoms in total. The molecule has 0 spiro atoms. The van der Waals surface area contributed by atoms with Gasteiger partial charge in [-0.2, -0.15) is 0 Å². The monoisotopic (exact) mass is 198 g/mol. The zero-order chi connectivity index (χ0) is 9.97. The van der Waals surface area contributed by atoms with Gasteiger partial charge in [0.25, 0.3) is 0 Å². The Balaban J connectivity index is 0.00000112. The van der Waals surface area contributed by atoms with Gasteiger partial charge in [0.2, 0.25) is 5.91 Å². The Morgan fingerprint density at radius 2 is 1.93 bits per heavy atom. The van der Waals surface area contributed by atoms with E-state index in [9.17, 15) is 4.79 Å². The zero-order valence-electron chi connectivity index (χ0n) is 8.96. The lowest BCUT2D eigenvalue weighted by Crippen LogP contribution is -2.58. The maximum Gasteiger partial charge on any atom is 0.223 e. The first-order valence-electron chi connectivity index (χ1n) is 5.74. The second kappa shape index (κ2) is 4.30. The number of likely N-dealkylation sites (tertiary alicyclic amines) is 1. The minimum atomic E-state index is 0. The van der Waals surface area contributed by atoms with Crippen LogP contribution in [0.5, 0.6) is 0 Å². The summed E-state index contributed by atoms with van der Waals surface area (Å²) >= 11 is 0. The Kier molecular flexibility index (Phi) is 3.06. The summed E-state index contributed by atoms with van der Waals surface area (Å²) < 4.78 is 0. The van der Waals surface area contributed by atoms with E-state index in [-0.39, 0.29) is 1.43 Å². The lowest BCUT2D eigenvalue weighted by atomic mass is 9.88. The van der Waals surface area contributed by atoms with Crippen LogP contribution in [0.15, 0.2) is 0 Å². The van der Waals surface area contributed by atoms with Gasteiger partial charge in [-0.15, -0.1) is 0 Å². The van der Waals surface area contributed by atoms with E-state index in [0.29, 0.717) is 17.9 Å². The number of carbonyl (C=O) groups is 1. The molecule has 2 aliphatic rings. The number of carbonyl (C=O) groups excluding carboxylic acids is 1. The van der Waals surface area contributed by atoms with Crippen molar-refractivity contribution < 1.29 is 6.22 Å². The standard InChI is InChI=1S/C11H20N2O.H2/c1-13-7-10(8-13)12-11(14)9-5-3-2-4-6-9;/h9-10H,2-8H2,1H3,(H,12,14);1H. The predicted molar refractivity (Wildman–Crippen MR) is 58.1 cm³/mol. The number of nitrogens with zero attached hydrogens (tertiary/aromatic N) is 1. The molecule has 1 amide bonds. The molecular formula is C11H22N2O. The van der Waals surface area contributed by atoms with Crippen molar-refractivity contribution >= 4 is 5.91 Å². The fraction of sp³-hybridized carbons (Fsp3) is 0.909. The highest BCUT2D eigenvalue weighted by Gasteiger charge is 2.28. The summed E-state index contributed by atoms with van der Waals surface area (Å²) in [6, 6.07) is 0.425. The molecule has 14 heavy (non-hydrogen) atoms. The SMILES string of the molecule is CN1CC(NC(=O)C2CCCCC2)C1.[HH]. The van der Waals surface area contributed by atoms with E-state index in [1.165, 1.54) is 19.3 Å². The van der Waals surface area contributed by atoms with E-state index >= 15 is 0 Å². The summed E-state index contributed by atoms with van der Waals surface area (Å²) in [6.07, 6.45) is 6.00. The smallest absolute Gasteiger partial charge is 0.223 e. The topological polar surface area (TPSA) is 32.3 Å². The quantitative estimate of drug-likeness (QED) is 0.724. The van der Waals surface area contributed by atoms with Crippen molar-refractivity contribution in [3.05, 3.63) is 0 Å². The van der Waals surface area contributed by atoms with Gasteiger partial charge in [0.05, 0.1) is 6.04 Å². The zero-order valence-corrected chi connectivity index (χ0v) is 8.96. The van der Waals surface area contributed by atoms with Crippen LogP contribution in [-0.4, -0.2) is 37.0 Å².